The van der Waals surface area contributed by atoms with E-state index in [1.165, 1.54) is 0 Å². The van der Waals surface area contributed by atoms with E-state index in [1.807, 2.05) is 0 Å². The summed E-state index contributed by atoms with van der Waals surface area (Å²) in [6.07, 6.45) is 0.801. The summed E-state index contributed by atoms with van der Waals surface area (Å²) in [7, 11) is -3.94. The standard InChI is InChI=1S/C8H19ClO2SSi/c1-13(2,3)8-4-6-12(10,11)7-5-9/h4-8H2,1-3H3. The zero-order chi connectivity index (χ0) is 10.5. The van der Waals surface area contributed by atoms with Crippen LogP contribution < -0.4 is 0 Å². The molecule has 0 radical (unpaired) electrons. The Kier molecular flexibility index (Phi) is 5.55. The van der Waals surface area contributed by atoms with Crippen molar-refractivity contribution in [1.82, 2.24) is 0 Å². The fraction of sp³-hybridized carbons (Fsp3) is 1.00. The Balaban J connectivity index is 3.77. The molecular weight excluding hydrogens is 224 g/mol. The van der Waals surface area contributed by atoms with E-state index in [0.717, 1.165) is 12.5 Å². The molecule has 0 aromatic heterocycles. The topological polar surface area (TPSA) is 34.1 Å². The molecule has 0 atom stereocenters. The first kappa shape index (κ1) is 13.5. The Labute approximate surface area is 87.6 Å². The molecule has 0 saturated carbocycles. The lowest BCUT2D eigenvalue weighted by atomic mass is 10.6. The molecule has 5 heteroatoms. The number of halogens is 1. The van der Waals surface area contributed by atoms with Crippen molar-refractivity contribution >= 4 is 29.5 Å². The summed E-state index contributed by atoms with van der Waals surface area (Å²) in [5.41, 5.74) is 0. The molecule has 80 valence electrons. The van der Waals surface area contributed by atoms with Gasteiger partial charge in [-0.05, 0) is 6.42 Å². The van der Waals surface area contributed by atoms with Gasteiger partial charge in [-0.15, -0.1) is 11.6 Å². The van der Waals surface area contributed by atoms with E-state index in [0.29, 0.717) is 5.75 Å². The highest BCUT2D eigenvalue weighted by atomic mass is 35.5. The monoisotopic (exact) mass is 242 g/mol. The second-order valence-electron chi connectivity index (χ2n) is 4.51. The predicted octanol–water partition coefficient (Wildman–Crippen LogP) is 2.37. The Hall–Kier alpha value is 0.457. The van der Waals surface area contributed by atoms with Crippen LogP contribution in [-0.2, 0) is 9.84 Å². The fourth-order valence-electron chi connectivity index (χ4n) is 1.04. The van der Waals surface area contributed by atoms with Crippen molar-refractivity contribution < 1.29 is 8.42 Å². The molecule has 0 aliphatic heterocycles. The van der Waals surface area contributed by atoms with Gasteiger partial charge in [0.15, 0.2) is 9.84 Å². The molecule has 0 bridgehead atoms. The number of alkyl halides is 1. The maximum atomic E-state index is 11.2. The molecular formula is C8H19ClO2SSi. The third-order valence-corrected chi connectivity index (χ3v) is 5.77. The van der Waals surface area contributed by atoms with Crippen LogP contribution in [0.1, 0.15) is 6.42 Å². The van der Waals surface area contributed by atoms with Crippen LogP contribution in [0.3, 0.4) is 0 Å². The molecule has 0 aromatic carbocycles. The maximum Gasteiger partial charge on any atom is 0.151 e. The second-order valence-corrected chi connectivity index (χ2v) is 12.8. The third-order valence-electron chi connectivity index (χ3n) is 1.77. The Morgan fingerprint density at radius 1 is 1.15 bits per heavy atom. The van der Waals surface area contributed by atoms with E-state index < -0.39 is 17.9 Å². The van der Waals surface area contributed by atoms with Crippen LogP contribution >= 0.6 is 11.6 Å². The average Bonchev–Trinajstić information content (AvgIpc) is 1.82. The summed E-state index contributed by atoms with van der Waals surface area (Å²) in [4.78, 5) is 0. The molecule has 0 rings (SSSR count). The molecule has 0 aliphatic carbocycles. The van der Waals surface area contributed by atoms with Gasteiger partial charge in [0.05, 0.1) is 5.75 Å². The van der Waals surface area contributed by atoms with Crippen LogP contribution in [0.2, 0.25) is 25.7 Å². The van der Waals surface area contributed by atoms with Crippen LogP contribution in [-0.4, -0.2) is 33.9 Å². The Bertz CT molecular complexity index is 231. The van der Waals surface area contributed by atoms with Crippen LogP contribution in [0, 0.1) is 0 Å². The van der Waals surface area contributed by atoms with Gasteiger partial charge in [0, 0.05) is 19.7 Å². The first-order valence-corrected chi connectivity index (χ1v) is 10.6. The summed E-state index contributed by atoms with van der Waals surface area (Å²) in [6.45, 7) is 6.75. The van der Waals surface area contributed by atoms with Gasteiger partial charge in [0.1, 0.15) is 0 Å². The van der Waals surface area contributed by atoms with E-state index in [4.69, 9.17) is 11.6 Å². The van der Waals surface area contributed by atoms with Crippen LogP contribution in [0.4, 0.5) is 0 Å². The highest BCUT2D eigenvalue weighted by Gasteiger charge is 2.15. The SMILES string of the molecule is C[Si](C)(C)CCCS(=O)(=O)CCCl. The smallest absolute Gasteiger partial charge is 0.151 e. The first-order valence-electron chi connectivity index (χ1n) is 4.53. The lowest BCUT2D eigenvalue weighted by Crippen LogP contribution is -2.21. The maximum absolute atomic E-state index is 11.2. The fourth-order valence-corrected chi connectivity index (χ4v) is 4.26. The minimum atomic E-state index is -2.86. The summed E-state index contributed by atoms with van der Waals surface area (Å²) in [5.74, 6) is 0.652. The van der Waals surface area contributed by atoms with Crippen molar-refractivity contribution in [3.63, 3.8) is 0 Å². The Morgan fingerprint density at radius 2 is 1.69 bits per heavy atom. The van der Waals surface area contributed by atoms with Crippen molar-refractivity contribution in [3.05, 3.63) is 0 Å². The van der Waals surface area contributed by atoms with E-state index >= 15 is 0 Å². The molecule has 0 amide bonds. The summed E-state index contributed by atoms with van der Waals surface area (Å²) >= 11 is 5.38. The molecule has 0 aromatic rings. The molecule has 0 N–H and O–H groups in total. The molecule has 0 fully saturated rings. The lowest BCUT2D eigenvalue weighted by molar-refractivity contribution is 0.596. The lowest BCUT2D eigenvalue weighted by Gasteiger charge is -2.14. The van der Waals surface area contributed by atoms with Gasteiger partial charge >= 0.3 is 0 Å². The van der Waals surface area contributed by atoms with Gasteiger partial charge in [-0.1, -0.05) is 25.7 Å². The molecule has 0 aliphatic rings. The number of hydrogen-bond donors (Lipinski definition) is 0. The number of rotatable bonds is 6. The van der Waals surface area contributed by atoms with Gasteiger partial charge in [0.2, 0.25) is 0 Å². The second kappa shape index (κ2) is 5.37. The first-order chi connectivity index (χ1) is 5.77. The molecule has 13 heavy (non-hydrogen) atoms. The number of sulfone groups is 1. The molecule has 2 nitrogen and oxygen atoms in total. The van der Waals surface area contributed by atoms with Crippen molar-refractivity contribution in [2.45, 2.75) is 32.1 Å². The summed E-state index contributed by atoms with van der Waals surface area (Å²) < 4.78 is 22.5. The quantitative estimate of drug-likeness (QED) is 0.530. The molecule has 0 unspecified atom stereocenters. The predicted molar refractivity (Wildman–Crippen MR) is 62.1 cm³/mol. The molecule has 0 saturated heterocycles. The van der Waals surface area contributed by atoms with E-state index in [2.05, 4.69) is 19.6 Å². The van der Waals surface area contributed by atoms with Crippen molar-refractivity contribution in [2.75, 3.05) is 17.4 Å². The van der Waals surface area contributed by atoms with E-state index in [-0.39, 0.29) is 11.6 Å². The highest BCUT2D eigenvalue weighted by Crippen LogP contribution is 2.12. The summed E-state index contributed by atoms with van der Waals surface area (Å²) in [6, 6.07) is 1.08. The molecule has 0 spiro atoms. The van der Waals surface area contributed by atoms with Gasteiger partial charge < -0.3 is 0 Å². The number of hydrogen-bond acceptors (Lipinski definition) is 2. The molecule has 0 heterocycles. The minimum absolute atomic E-state index is 0.125. The minimum Gasteiger partial charge on any atom is -0.229 e. The van der Waals surface area contributed by atoms with Gasteiger partial charge in [-0.3, -0.25) is 0 Å². The highest BCUT2D eigenvalue weighted by molar-refractivity contribution is 7.91. The zero-order valence-corrected chi connectivity index (χ0v) is 11.2. The Morgan fingerprint density at radius 3 is 2.08 bits per heavy atom. The van der Waals surface area contributed by atoms with Gasteiger partial charge in [0.25, 0.3) is 0 Å². The van der Waals surface area contributed by atoms with Gasteiger partial charge in [-0.25, -0.2) is 8.42 Å². The summed E-state index contributed by atoms with van der Waals surface area (Å²) in [5, 5.41) is 0. The van der Waals surface area contributed by atoms with Crippen molar-refractivity contribution in [2.24, 2.45) is 0 Å². The third kappa shape index (κ3) is 8.78. The van der Waals surface area contributed by atoms with Crippen LogP contribution in [0.15, 0.2) is 0 Å². The van der Waals surface area contributed by atoms with Crippen molar-refractivity contribution in [1.29, 1.82) is 0 Å². The van der Waals surface area contributed by atoms with Crippen molar-refractivity contribution in [3.8, 4) is 0 Å². The normalized spacial score (nSPS) is 13.2. The van der Waals surface area contributed by atoms with Gasteiger partial charge in [-0.2, -0.15) is 0 Å². The van der Waals surface area contributed by atoms with Crippen LogP contribution in [0.5, 0.6) is 0 Å². The van der Waals surface area contributed by atoms with Crippen LogP contribution in [0.25, 0.3) is 0 Å². The van der Waals surface area contributed by atoms with E-state index in [9.17, 15) is 8.42 Å². The average molecular weight is 243 g/mol. The zero-order valence-electron chi connectivity index (χ0n) is 8.64. The van der Waals surface area contributed by atoms with E-state index in [1.54, 1.807) is 0 Å². The largest absolute Gasteiger partial charge is 0.229 e.